The first-order valence-electron chi connectivity index (χ1n) is 7.75. The molecular weight excluding hydrogens is 264 g/mol. The molecule has 21 heavy (non-hydrogen) atoms. The van der Waals surface area contributed by atoms with E-state index in [-0.39, 0.29) is 0 Å². The van der Waals surface area contributed by atoms with Gasteiger partial charge in [0.2, 0.25) is 0 Å². The number of ether oxygens (including phenoxy) is 1. The highest BCUT2D eigenvalue weighted by atomic mass is 16.6. The lowest BCUT2D eigenvalue weighted by Crippen LogP contribution is -2.27. The molecule has 0 saturated carbocycles. The summed E-state index contributed by atoms with van der Waals surface area (Å²) in [6.45, 7) is 8.67. The summed E-state index contributed by atoms with van der Waals surface area (Å²) in [6, 6.07) is 7.69. The van der Waals surface area contributed by atoms with Gasteiger partial charge >= 0.3 is 6.09 Å². The van der Waals surface area contributed by atoms with Crippen molar-refractivity contribution in [3.63, 3.8) is 0 Å². The Hall–Kier alpha value is -1.71. The molecule has 0 fully saturated rings. The van der Waals surface area contributed by atoms with Gasteiger partial charge in [-0.15, -0.1) is 0 Å². The number of benzene rings is 1. The van der Waals surface area contributed by atoms with Gasteiger partial charge in [0.25, 0.3) is 0 Å². The molecule has 0 unspecified atom stereocenters. The molecule has 4 nitrogen and oxygen atoms in total. The predicted molar refractivity (Wildman–Crippen MR) is 88.9 cm³/mol. The molecule has 1 rings (SSSR count). The van der Waals surface area contributed by atoms with E-state index in [1.807, 2.05) is 45.0 Å². The number of carbonyl (C=O) groups excluding carboxylic acids is 1. The third kappa shape index (κ3) is 7.59. The van der Waals surface area contributed by atoms with Crippen molar-refractivity contribution in [2.45, 2.75) is 59.0 Å². The average molecular weight is 292 g/mol. The lowest BCUT2D eigenvalue weighted by molar-refractivity contribution is 0.0636. The first-order valence-corrected chi connectivity index (χ1v) is 7.75. The number of nitrogens with one attached hydrogen (secondary N) is 2. The van der Waals surface area contributed by atoms with E-state index < -0.39 is 11.7 Å². The van der Waals surface area contributed by atoms with E-state index in [0.29, 0.717) is 0 Å². The number of amides is 1. The minimum Gasteiger partial charge on any atom is -0.444 e. The van der Waals surface area contributed by atoms with Crippen molar-refractivity contribution in [1.29, 1.82) is 0 Å². The summed E-state index contributed by atoms with van der Waals surface area (Å²) in [5.74, 6) is 0. The Morgan fingerprint density at radius 3 is 2.38 bits per heavy atom. The fourth-order valence-electron chi connectivity index (χ4n) is 1.93. The number of para-hydroxylation sites is 2. The molecule has 2 N–H and O–H groups in total. The van der Waals surface area contributed by atoms with Crippen LogP contribution in [0.4, 0.5) is 16.2 Å². The number of carbonyl (C=O) groups is 1. The van der Waals surface area contributed by atoms with E-state index in [1.165, 1.54) is 19.3 Å². The van der Waals surface area contributed by atoms with Gasteiger partial charge < -0.3 is 10.1 Å². The normalized spacial score (nSPS) is 11.0. The van der Waals surface area contributed by atoms with Crippen molar-refractivity contribution in [2.24, 2.45) is 0 Å². The summed E-state index contributed by atoms with van der Waals surface area (Å²) in [4.78, 5) is 11.8. The second kappa shape index (κ2) is 8.55. The van der Waals surface area contributed by atoms with Gasteiger partial charge in [-0.2, -0.15) is 0 Å². The Kier molecular flexibility index (Phi) is 7.06. The summed E-state index contributed by atoms with van der Waals surface area (Å²) in [5.41, 5.74) is 1.19. The molecule has 118 valence electrons. The lowest BCUT2D eigenvalue weighted by Gasteiger charge is -2.20. The molecule has 1 aromatic rings. The van der Waals surface area contributed by atoms with Crippen LogP contribution in [0.2, 0.25) is 0 Å². The van der Waals surface area contributed by atoms with Crippen LogP contribution in [0, 0.1) is 0 Å². The van der Waals surface area contributed by atoms with Crippen LogP contribution in [-0.4, -0.2) is 18.2 Å². The summed E-state index contributed by atoms with van der Waals surface area (Å²) >= 11 is 0. The highest BCUT2D eigenvalue weighted by Crippen LogP contribution is 2.22. The van der Waals surface area contributed by atoms with Gasteiger partial charge in [-0.05, 0) is 39.3 Å². The van der Waals surface area contributed by atoms with Crippen LogP contribution >= 0.6 is 0 Å². The molecule has 0 aliphatic heterocycles. The average Bonchev–Trinajstić information content (AvgIpc) is 2.38. The number of hydrogen-bond donors (Lipinski definition) is 2. The van der Waals surface area contributed by atoms with Crippen LogP contribution in [0.3, 0.4) is 0 Å². The van der Waals surface area contributed by atoms with E-state index in [4.69, 9.17) is 4.74 Å². The monoisotopic (exact) mass is 292 g/mol. The van der Waals surface area contributed by atoms with Crippen LogP contribution in [0.1, 0.15) is 53.4 Å². The highest BCUT2D eigenvalue weighted by Gasteiger charge is 2.16. The molecule has 0 aromatic heterocycles. The Morgan fingerprint density at radius 2 is 1.76 bits per heavy atom. The molecule has 0 heterocycles. The quantitative estimate of drug-likeness (QED) is 0.693. The molecule has 0 spiro atoms. The maximum Gasteiger partial charge on any atom is 0.412 e. The lowest BCUT2D eigenvalue weighted by atomic mass is 10.2. The molecule has 0 atom stereocenters. The van der Waals surface area contributed by atoms with Crippen LogP contribution in [0.15, 0.2) is 24.3 Å². The second-order valence-corrected chi connectivity index (χ2v) is 6.16. The molecule has 0 bridgehead atoms. The van der Waals surface area contributed by atoms with Crippen LogP contribution in [0.25, 0.3) is 0 Å². The van der Waals surface area contributed by atoms with Crippen LogP contribution in [0.5, 0.6) is 0 Å². The van der Waals surface area contributed by atoms with Gasteiger partial charge in [0, 0.05) is 6.54 Å². The van der Waals surface area contributed by atoms with Crippen molar-refractivity contribution in [3.8, 4) is 0 Å². The predicted octanol–water partition coefficient (Wildman–Crippen LogP) is 5.03. The Balaban J connectivity index is 2.52. The summed E-state index contributed by atoms with van der Waals surface area (Å²) in [7, 11) is 0. The molecule has 0 radical (unpaired) electrons. The van der Waals surface area contributed by atoms with E-state index >= 15 is 0 Å². The van der Waals surface area contributed by atoms with Crippen molar-refractivity contribution in [2.75, 3.05) is 17.2 Å². The Labute approximate surface area is 128 Å². The van der Waals surface area contributed by atoms with Gasteiger partial charge in [-0.25, -0.2) is 4.79 Å². The molecule has 1 amide bonds. The Morgan fingerprint density at radius 1 is 1.10 bits per heavy atom. The van der Waals surface area contributed by atoms with Crippen molar-refractivity contribution >= 4 is 17.5 Å². The zero-order valence-electron chi connectivity index (χ0n) is 13.7. The smallest absolute Gasteiger partial charge is 0.412 e. The standard InChI is InChI=1S/C17H28N2O2/c1-5-6-7-10-13-18-14-11-8-9-12-15(14)19-16(20)21-17(2,3)4/h8-9,11-12,18H,5-7,10,13H2,1-4H3,(H,19,20). The summed E-state index contributed by atoms with van der Waals surface area (Å²) in [5, 5.41) is 6.17. The maximum absolute atomic E-state index is 11.8. The molecular formula is C17H28N2O2. The first kappa shape index (κ1) is 17.3. The minimum atomic E-state index is -0.493. The fourth-order valence-corrected chi connectivity index (χ4v) is 1.93. The van der Waals surface area contributed by atoms with Crippen molar-refractivity contribution < 1.29 is 9.53 Å². The molecule has 1 aromatic carbocycles. The second-order valence-electron chi connectivity index (χ2n) is 6.16. The third-order valence-electron chi connectivity index (χ3n) is 2.91. The molecule has 4 heteroatoms. The topological polar surface area (TPSA) is 50.4 Å². The van der Waals surface area contributed by atoms with Crippen molar-refractivity contribution in [1.82, 2.24) is 0 Å². The van der Waals surface area contributed by atoms with Gasteiger partial charge in [-0.3, -0.25) is 5.32 Å². The fraction of sp³-hybridized carbons (Fsp3) is 0.588. The maximum atomic E-state index is 11.8. The minimum absolute atomic E-state index is 0.428. The zero-order chi connectivity index (χ0) is 15.7. The number of anilines is 2. The van der Waals surface area contributed by atoms with Gasteiger partial charge in [-0.1, -0.05) is 38.3 Å². The van der Waals surface area contributed by atoms with E-state index in [0.717, 1.165) is 24.3 Å². The SMILES string of the molecule is CCCCCCNc1ccccc1NC(=O)OC(C)(C)C. The summed E-state index contributed by atoms with van der Waals surface area (Å²) in [6.07, 6.45) is 4.43. The largest absolute Gasteiger partial charge is 0.444 e. The highest BCUT2D eigenvalue weighted by molar-refractivity contribution is 5.89. The van der Waals surface area contributed by atoms with Gasteiger partial charge in [0.1, 0.15) is 5.60 Å². The molecule has 0 aliphatic carbocycles. The third-order valence-corrected chi connectivity index (χ3v) is 2.91. The Bertz CT molecular complexity index is 439. The molecule has 0 aliphatic rings. The van der Waals surface area contributed by atoms with Crippen molar-refractivity contribution in [3.05, 3.63) is 24.3 Å². The number of hydrogen-bond acceptors (Lipinski definition) is 3. The van der Waals surface area contributed by atoms with E-state index in [9.17, 15) is 4.79 Å². The number of rotatable bonds is 7. The molecule has 0 saturated heterocycles. The first-order chi connectivity index (χ1) is 9.92. The van der Waals surface area contributed by atoms with E-state index in [2.05, 4.69) is 17.6 Å². The zero-order valence-corrected chi connectivity index (χ0v) is 13.7. The summed E-state index contributed by atoms with van der Waals surface area (Å²) < 4.78 is 5.28. The van der Waals surface area contributed by atoms with Crippen LogP contribution < -0.4 is 10.6 Å². The van der Waals surface area contributed by atoms with Gasteiger partial charge in [0.05, 0.1) is 11.4 Å². The number of unbranched alkanes of at least 4 members (excludes halogenated alkanes) is 3. The van der Waals surface area contributed by atoms with E-state index in [1.54, 1.807) is 0 Å². The van der Waals surface area contributed by atoms with Gasteiger partial charge in [0.15, 0.2) is 0 Å². The van der Waals surface area contributed by atoms with Crippen LogP contribution in [-0.2, 0) is 4.74 Å².